The minimum absolute atomic E-state index is 0.582. The Morgan fingerprint density at radius 1 is 0.828 bits per heavy atom. The summed E-state index contributed by atoms with van der Waals surface area (Å²) in [6, 6.07) is 16.1. The number of rotatable bonds is 7. The summed E-state index contributed by atoms with van der Waals surface area (Å²) in [5.41, 5.74) is 4.52. The average molecular weight is 408 g/mol. The van der Waals surface area contributed by atoms with Crippen molar-refractivity contribution in [2.75, 3.05) is 20.6 Å². The van der Waals surface area contributed by atoms with Crippen LogP contribution in [0, 0.1) is 18.8 Å². The maximum Gasteiger partial charge on any atom is 0.0160 e. The predicted octanol–water partition coefficient (Wildman–Crippen LogP) is 7.52. The van der Waals surface area contributed by atoms with Gasteiger partial charge in [0.05, 0.1) is 0 Å². The molecule has 2 aliphatic rings. The summed E-state index contributed by atoms with van der Waals surface area (Å²) in [5.74, 6) is 2.53. The van der Waals surface area contributed by atoms with Crippen molar-refractivity contribution in [3.63, 3.8) is 0 Å². The Bertz CT molecular complexity index is 804. The summed E-state index contributed by atoms with van der Waals surface area (Å²) in [4.78, 5) is 5.28. The zero-order valence-corrected chi connectivity index (χ0v) is 19.3. The summed E-state index contributed by atoms with van der Waals surface area (Å²) < 4.78 is 0. The molecule has 0 amide bonds. The van der Waals surface area contributed by atoms with Gasteiger partial charge in [-0.1, -0.05) is 86.2 Å². The van der Waals surface area contributed by atoms with Crippen molar-refractivity contribution >= 4 is 11.8 Å². The van der Waals surface area contributed by atoms with Crippen molar-refractivity contribution in [3.05, 3.63) is 59.2 Å². The highest BCUT2D eigenvalue weighted by Gasteiger charge is 2.27. The number of hydrogen-bond acceptors (Lipinski definition) is 2. The highest BCUT2D eigenvalue weighted by molar-refractivity contribution is 7.99. The SMILES string of the molecule is Cc1ccc2c(c1)C(CCCC1CCC(CCN(C)C)CC1)c1ccccc1S2. The van der Waals surface area contributed by atoms with Crippen molar-refractivity contribution in [2.45, 2.75) is 74.0 Å². The fourth-order valence-corrected chi connectivity index (χ4v) is 6.52. The monoisotopic (exact) mass is 407 g/mol. The molecule has 2 heteroatoms. The fourth-order valence-electron chi connectivity index (χ4n) is 5.35. The van der Waals surface area contributed by atoms with E-state index in [-0.39, 0.29) is 0 Å². The lowest BCUT2D eigenvalue weighted by Gasteiger charge is -2.31. The first-order valence-corrected chi connectivity index (χ1v) is 12.4. The van der Waals surface area contributed by atoms with E-state index in [0.29, 0.717) is 5.92 Å². The molecule has 0 radical (unpaired) electrons. The molecule has 156 valence electrons. The normalized spacial score (nSPS) is 23.7. The molecule has 1 atom stereocenters. The van der Waals surface area contributed by atoms with Crippen molar-refractivity contribution in [3.8, 4) is 0 Å². The molecule has 0 aromatic heterocycles. The van der Waals surface area contributed by atoms with Crippen LogP contribution in [0.3, 0.4) is 0 Å². The second kappa shape index (κ2) is 9.71. The zero-order valence-electron chi connectivity index (χ0n) is 18.5. The van der Waals surface area contributed by atoms with Crippen molar-refractivity contribution in [1.29, 1.82) is 0 Å². The van der Waals surface area contributed by atoms with Gasteiger partial charge in [0.1, 0.15) is 0 Å². The fraction of sp³-hybridized carbons (Fsp3) is 0.556. The summed E-state index contributed by atoms with van der Waals surface area (Å²) >= 11 is 1.96. The quantitative estimate of drug-likeness (QED) is 0.467. The Labute approximate surface area is 182 Å². The third kappa shape index (κ3) is 5.27. The molecule has 1 unspecified atom stereocenters. The van der Waals surface area contributed by atoms with E-state index in [2.05, 4.69) is 68.4 Å². The third-order valence-electron chi connectivity index (χ3n) is 7.11. The van der Waals surface area contributed by atoms with Gasteiger partial charge < -0.3 is 4.90 Å². The van der Waals surface area contributed by atoms with Gasteiger partial charge in [-0.3, -0.25) is 0 Å². The third-order valence-corrected chi connectivity index (χ3v) is 8.29. The largest absolute Gasteiger partial charge is 0.309 e. The van der Waals surface area contributed by atoms with E-state index >= 15 is 0 Å². The molecule has 4 rings (SSSR count). The molecule has 2 aromatic rings. The maximum atomic E-state index is 2.44. The first-order valence-electron chi connectivity index (χ1n) is 11.6. The minimum atomic E-state index is 0.582. The van der Waals surface area contributed by atoms with Gasteiger partial charge in [0.2, 0.25) is 0 Å². The van der Waals surface area contributed by atoms with Crippen LogP contribution in [0.5, 0.6) is 0 Å². The van der Waals surface area contributed by atoms with Gasteiger partial charge >= 0.3 is 0 Å². The van der Waals surface area contributed by atoms with Crippen LogP contribution in [0.25, 0.3) is 0 Å². The first kappa shape index (κ1) is 21.0. The van der Waals surface area contributed by atoms with Crippen molar-refractivity contribution in [1.82, 2.24) is 4.90 Å². The molecule has 0 spiro atoms. The second-order valence-corrected chi connectivity index (χ2v) is 10.7. The van der Waals surface area contributed by atoms with E-state index in [1.165, 1.54) is 73.3 Å². The highest BCUT2D eigenvalue weighted by atomic mass is 32.2. The molecule has 0 bridgehead atoms. The van der Waals surface area contributed by atoms with Gasteiger partial charge in [-0.25, -0.2) is 0 Å². The van der Waals surface area contributed by atoms with Gasteiger partial charge in [0, 0.05) is 15.7 Å². The summed E-state index contributed by atoms with van der Waals surface area (Å²) in [5, 5.41) is 0. The Morgan fingerprint density at radius 3 is 2.28 bits per heavy atom. The van der Waals surface area contributed by atoms with Crippen LogP contribution in [0.2, 0.25) is 0 Å². The molecule has 2 aromatic carbocycles. The van der Waals surface area contributed by atoms with E-state index in [4.69, 9.17) is 0 Å². The number of aryl methyl sites for hydroxylation is 1. The molecule has 0 N–H and O–H groups in total. The predicted molar refractivity (Wildman–Crippen MR) is 126 cm³/mol. The number of benzene rings is 2. The standard InChI is InChI=1S/C27H37NS/c1-20-11-16-27-25(19-20)23(24-8-4-5-10-26(24)29-27)9-6-7-21-12-14-22(15-13-21)17-18-28(2)3/h4-5,8,10-11,16,19,21-23H,6-7,9,12-15,17-18H2,1-3H3. The van der Waals surface area contributed by atoms with Gasteiger partial charge in [-0.05, 0) is 75.5 Å². The Kier molecular flexibility index (Phi) is 7.03. The lowest BCUT2D eigenvalue weighted by atomic mass is 9.77. The minimum Gasteiger partial charge on any atom is -0.309 e. The van der Waals surface area contributed by atoms with E-state index in [0.717, 1.165) is 11.8 Å². The van der Waals surface area contributed by atoms with Crippen LogP contribution < -0.4 is 0 Å². The lowest BCUT2D eigenvalue weighted by Crippen LogP contribution is -2.20. The molecular formula is C27H37NS. The molecule has 1 aliphatic heterocycles. The molecule has 1 saturated carbocycles. The Balaban J connectivity index is 1.34. The molecule has 1 fully saturated rings. The molecular weight excluding hydrogens is 370 g/mol. The Morgan fingerprint density at radius 2 is 1.52 bits per heavy atom. The summed E-state index contributed by atoms with van der Waals surface area (Å²) in [6.07, 6.45) is 11.3. The van der Waals surface area contributed by atoms with Crippen LogP contribution >= 0.6 is 11.8 Å². The van der Waals surface area contributed by atoms with E-state index in [1.54, 1.807) is 11.1 Å². The molecule has 1 aliphatic carbocycles. The van der Waals surface area contributed by atoms with E-state index in [9.17, 15) is 0 Å². The van der Waals surface area contributed by atoms with Crippen molar-refractivity contribution in [2.24, 2.45) is 11.8 Å². The highest BCUT2D eigenvalue weighted by Crippen LogP contribution is 2.48. The topological polar surface area (TPSA) is 3.24 Å². The summed E-state index contributed by atoms with van der Waals surface area (Å²) in [7, 11) is 4.40. The first-order chi connectivity index (χ1) is 14.1. The lowest BCUT2D eigenvalue weighted by molar-refractivity contribution is 0.231. The average Bonchev–Trinajstić information content (AvgIpc) is 2.73. The Hall–Kier alpha value is -1.25. The zero-order chi connectivity index (χ0) is 20.2. The van der Waals surface area contributed by atoms with Gasteiger partial charge in [-0.2, -0.15) is 0 Å². The molecule has 1 nitrogen and oxygen atoms in total. The second-order valence-electron chi connectivity index (χ2n) is 9.64. The smallest absolute Gasteiger partial charge is 0.0160 e. The molecule has 29 heavy (non-hydrogen) atoms. The molecule has 0 saturated heterocycles. The molecule has 1 heterocycles. The van der Waals surface area contributed by atoms with E-state index in [1.807, 2.05) is 11.8 Å². The van der Waals surface area contributed by atoms with Crippen molar-refractivity contribution < 1.29 is 0 Å². The van der Waals surface area contributed by atoms with Crippen LogP contribution in [0.15, 0.2) is 52.3 Å². The van der Waals surface area contributed by atoms with Gasteiger partial charge in [-0.15, -0.1) is 0 Å². The maximum absolute atomic E-state index is 2.44. The van der Waals surface area contributed by atoms with E-state index < -0.39 is 0 Å². The summed E-state index contributed by atoms with van der Waals surface area (Å²) in [6.45, 7) is 3.49. The van der Waals surface area contributed by atoms with Crippen LogP contribution in [0.1, 0.15) is 74.0 Å². The number of fused-ring (bicyclic) bond motifs is 2. The van der Waals surface area contributed by atoms with Crippen LogP contribution in [-0.4, -0.2) is 25.5 Å². The van der Waals surface area contributed by atoms with Crippen LogP contribution in [-0.2, 0) is 0 Å². The van der Waals surface area contributed by atoms with Gasteiger partial charge in [0.15, 0.2) is 0 Å². The van der Waals surface area contributed by atoms with Gasteiger partial charge in [0.25, 0.3) is 0 Å². The van der Waals surface area contributed by atoms with Crippen LogP contribution in [0.4, 0.5) is 0 Å². The number of nitrogens with zero attached hydrogens (tertiary/aromatic N) is 1. The number of hydrogen-bond donors (Lipinski definition) is 0.